The van der Waals surface area contributed by atoms with E-state index < -0.39 is 0 Å². The molecule has 3 amide bonds. The molecule has 3 heterocycles. The van der Waals surface area contributed by atoms with Crippen LogP contribution in [0, 0.1) is 11.7 Å². The molecule has 0 unspecified atom stereocenters. The molecule has 0 aliphatic carbocycles. The van der Waals surface area contributed by atoms with Gasteiger partial charge < -0.3 is 9.47 Å². The number of hydrogen-bond acceptors (Lipinski definition) is 4. The lowest BCUT2D eigenvalue weighted by atomic mass is 9.99. The largest absolute Gasteiger partial charge is 0.341 e. The average molecular weight is 570 g/mol. The second-order valence-corrected chi connectivity index (χ2v) is 11.2. The highest BCUT2D eigenvalue weighted by Crippen LogP contribution is 2.35. The van der Waals surface area contributed by atoms with E-state index in [9.17, 15) is 18.8 Å². The summed E-state index contributed by atoms with van der Waals surface area (Å²) in [7, 11) is 0. The van der Waals surface area contributed by atoms with Gasteiger partial charge in [-0.15, -0.1) is 0 Å². The molecule has 3 aromatic rings. The first-order valence-electron chi connectivity index (χ1n) is 11.8. The van der Waals surface area contributed by atoms with Gasteiger partial charge in [0.1, 0.15) is 12.4 Å². The topological polar surface area (TPSA) is 62.6 Å². The lowest BCUT2D eigenvalue weighted by molar-refractivity contribution is -0.133. The van der Waals surface area contributed by atoms with E-state index in [0.29, 0.717) is 16.4 Å². The first-order chi connectivity index (χ1) is 17.3. The summed E-state index contributed by atoms with van der Waals surface area (Å²) in [5, 5.41) is 0.518. The summed E-state index contributed by atoms with van der Waals surface area (Å²) in [6, 6.07) is 11.6. The lowest BCUT2D eigenvalue weighted by Gasteiger charge is -2.30. The Morgan fingerprint density at radius 1 is 1.14 bits per heavy atom. The Kier molecular flexibility index (Phi) is 7.03. The highest BCUT2D eigenvalue weighted by molar-refractivity contribution is 9.10. The van der Waals surface area contributed by atoms with Gasteiger partial charge in [0.25, 0.3) is 11.1 Å². The molecule has 186 valence electrons. The van der Waals surface area contributed by atoms with Gasteiger partial charge in [-0.2, -0.15) is 0 Å². The van der Waals surface area contributed by atoms with E-state index in [2.05, 4.69) is 22.9 Å². The Morgan fingerprint density at radius 2 is 1.86 bits per heavy atom. The van der Waals surface area contributed by atoms with Gasteiger partial charge in [0.15, 0.2) is 0 Å². The van der Waals surface area contributed by atoms with E-state index in [0.717, 1.165) is 58.6 Å². The summed E-state index contributed by atoms with van der Waals surface area (Å²) >= 11 is 4.40. The number of carbonyl (C=O) groups is 3. The number of nitrogens with zero attached hydrogens (tertiary/aromatic N) is 3. The molecule has 9 heteroatoms. The highest BCUT2D eigenvalue weighted by Gasteiger charge is 2.35. The minimum absolute atomic E-state index is 0.0768. The third-order valence-electron chi connectivity index (χ3n) is 6.73. The van der Waals surface area contributed by atoms with Gasteiger partial charge in [-0.1, -0.05) is 35.0 Å². The van der Waals surface area contributed by atoms with Gasteiger partial charge in [-0.05, 0) is 72.5 Å². The van der Waals surface area contributed by atoms with Gasteiger partial charge in [0, 0.05) is 40.2 Å². The number of halogens is 2. The standard InChI is InChI=1S/C27H25BrFN3O3S/c1-17-8-10-30(11-9-17)25(33)16-31-15-19(22-13-20(28)4-7-23(22)31)12-24-26(34)32(27(35)36-24)14-18-2-5-21(29)6-3-18/h2-7,12-13,15,17H,8-11,14,16H2,1H3/b24-12-. The Morgan fingerprint density at radius 3 is 2.58 bits per heavy atom. The van der Waals surface area contributed by atoms with E-state index in [1.807, 2.05) is 33.9 Å². The maximum atomic E-state index is 13.2. The second-order valence-electron chi connectivity index (χ2n) is 9.33. The first kappa shape index (κ1) is 24.8. The Labute approximate surface area is 221 Å². The van der Waals surface area contributed by atoms with Crippen molar-refractivity contribution in [1.29, 1.82) is 0 Å². The molecule has 0 saturated carbocycles. The van der Waals surface area contributed by atoms with Crippen molar-refractivity contribution in [2.24, 2.45) is 5.92 Å². The fourth-order valence-electron chi connectivity index (χ4n) is 4.60. The van der Waals surface area contributed by atoms with Crippen molar-refractivity contribution < 1.29 is 18.8 Å². The van der Waals surface area contributed by atoms with Gasteiger partial charge >= 0.3 is 0 Å². The van der Waals surface area contributed by atoms with Gasteiger partial charge in [0.05, 0.1) is 11.4 Å². The number of benzene rings is 2. The summed E-state index contributed by atoms with van der Waals surface area (Å²) in [5.41, 5.74) is 2.32. The molecular formula is C27H25BrFN3O3S. The molecule has 0 atom stereocenters. The number of aromatic nitrogens is 1. The molecule has 5 rings (SSSR count). The smallest absolute Gasteiger partial charge is 0.293 e. The Hall–Kier alpha value is -2.91. The van der Waals surface area contributed by atoms with Gasteiger partial charge in [-0.25, -0.2) is 4.39 Å². The number of amides is 3. The number of thioether (sulfide) groups is 1. The van der Waals surface area contributed by atoms with Crippen molar-refractivity contribution in [3.63, 3.8) is 0 Å². The first-order valence-corrected chi connectivity index (χ1v) is 13.5. The fourth-order valence-corrected chi connectivity index (χ4v) is 5.79. The number of hydrogen-bond donors (Lipinski definition) is 0. The normalized spacial score (nSPS) is 18.1. The zero-order chi connectivity index (χ0) is 25.4. The van der Waals surface area contributed by atoms with Crippen molar-refractivity contribution in [3.05, 3.63) is 75.0 Å². The molecule has 0 radical (unpaired) electrons. The number of piperidine rings is 1. The molecule has 2 saturated heterocycles. The van der Waals surface area contributed by atoms with E-state index in [4.69, 9.17) is 0 Å². The maximum Gasteiger partial charge on any atom is 0.293 e. The predicted octanol–water partition coefficient (Wildman–Crippen LogP) is 6.04. The SMILES string of the molecule is CC1CCN(C(=O)Cn2cc(/C=C3\SC(=O)N(Cc4ccc(F)cc4)C3=O)c3cc(Br)ccc32)CC1. The molecule has 0 N–H and O–H groups in total. The van der Waals surface area contributed by atoms with Gasteiger partial charge in [-0.3, -0.25) is 19.3 Å². The zero-order valence-electron chi connectivity index (χ0n) is 19.7. The van der Waals surface area contributed by atoms with Crippen LogP contribution in [0.5, 0.6) is 0 Å². The quantitative estimate of drug-likeness (QED) is 0.351. The van der Waals surface area contributed by atoms with Crippen molar-refractivity contribution in [2.45, 2.75) is 32.9 Å². The molecule has 2 aromatic carbocycles. The Balaban J connectivity index is 1.41. The van der Waals surface area contributed by atoms with Crippen molar-refractivity contribution in [1.82, 2.24) is 14.4 Å². The van der Waals surface area contributed by atoms with E-state index in [1.54, 1.807) is 18.2 Å². The van der Waals surface area contributed by atoms with Crippen LogP contribution in [-0.2, 0) is 22.7 Å². The maximum absolute atomic E-state index is 13.2. The number of imide groups is 1. The summed E-state index contributed by atoms with van der Waals surface area (Å²) in [6.07, 6.45) is 5.62. The summed E-state index contributed by atoms with van der Waals surface area (Å²) in [6.45, 7) is 4.06. The van der Waals surface area contributed by atoms with Crippen LogP contribution < -0.4 is 0 Å². The van der Waals surface area contributed by atoms with Crippen LogP contribution in [-0.4, -0.2) is 44.5 Å². The molecule has 6 nitrogen and oxygen atoms in total. The molecular weight excluding hydrogens is 545 g/mol. The van der Waals surface area contributed by atoms with Crippen LogP contribution in [0.15, 0.2) is 58.0 Å². The monoisotopic (exact) mass is 569 g/mol. The molecule has 0 bridgehead atoms. The summed E-state index contributed by atoms with van der Waals surface area (Å²) < 4.78 is 16.0. The predicted molar refractivity (Wildman–Crippen MR) is 143 cm³/mol. The molecule has 2 aliphatic heterocycles. The van der Waals surface area contributed by atoms with Crippen LogP contribution in [0.25, 0.3) is 17.0 Å². The molecule has 2 fully saturated rings. The number of carbonyl (C=O) groups excluding carboxylic acids is 3. The molecule has 2 aliphatic rings. The van der Waals surface area contributed by atoms with Crippen molar-refractivity contribution >= 4 is 61.7 Å². The van der Waals surface area contributed by atoms with Crippen molar-refractivity contribution in [3.8, 4) is 0 Å². The van der Waals surface area contributed by atoms with Crippen LogP contribution in [0.4, 0.5) is 9.18 Å². The van der Waals surface area contributed by atoms with Crippen LogP contribution in [0.3, 0.4) is 0 Å². The van der Waals surface area contributed by atoms with E-state index in [-0.39, 0.29) is 36.0 Å². The zero-order valence-corrected chi connectivity index (χ0v) is 22.1. The molecule has 1 aromatic heterocycles. The fraction of sp³-hybridized carbons (Fsp3) is 0.296. The highest BCUT2D eigenvalue weighted by atomic mass is 79.9. The molecule has 36 heavy (non-hydrogen) atoms. The minimum atomic E-state index is -0.385. The van der Waals surface area contributed by atoms with Crippen LogP contribution in [0.1, 0.15) is 30.9 Å². The Bertz CT molecular complexity index is 1380. The average Bonchev–Trinajstić information content (AvgIpc) is 3.31. The number of rotatable bonds is 5. The van der Waals surface area contributed by atoms with Crippen molar-refractivity contribution in [2.75, 3.05) is 13.1 Å². The lowest BCUT2D eigenvalue weighted by Crippen LogP contribution is -2.39. The van der Waals surface area contributed by atoms with Crippen LogP contribution in [0.2, 0.25) is 0 Å². The van der Waals surface area contributed by atoms with E-state index >= 15 is 0 Å². The van der Waals surface area contributed by atoms with E-state index in [1.165, 1.54) is 17.0 Å². The van der Waals surface area contributed by atoms with Crippen LogP contribution >= 0.6 is 27.7 Å². The summed E-state index contributed by atoms with van der Waals surface area (Å²) in [4.78, 5) is 42.1. The summed E-state index contributed by atoms with van der Waals surface area (Å²) in [5.74, 6) is -0.0379. The third-order valence-corrected chi connectivity index (χ3v) is 8.13. The minimum Gasteiger partial charge on any atom is -0.341 e. The number of likely N-dealkylation sites (tertiary alicyclic amines) is 1. The molecule has 0 spiro atoms. The third kappa shape index (κ3) is 5.13. The number of fused-ring (bicyclic) bond motifs is 1. The van der Waals surface area contributed by atoms with Gasteiger partial charge in [0.2, 0.25) is 5.91 Å². The second kappa shape index (κ2) is 10.2.